The van der Waals surface area contributed by atoms with Crippen molar-refractivity contribution >= 4 is 28.9 Å². The number of thiocarbonyl (C=S) groups is 1. The Labute approximate surface area is 172 Å². The molecule has 0 radical (unpaired) electrons. The Bertz CT molecular complexity index is 1020. The molecule has 1 amide bonds. The van der Waals surface area contributed by atoms with E-state index in [1.54, 1.807) is 40.1 Å². The highest BCUT2D eigenvalue weighted by molar-refractivity contribution is 7.80. The summed E-state index contributed by atoms with van der Waals surface area (Å²) in [5.74, 6) is -2.46. The standard InChI is InChI=1S/C21H20F3N3OS/c1-11-8-9-13(10-16(11)24)27-12(2)17(20(28)26(3)4)19(25-21(27)29)18-14(22)6-5-7-15(18)23/h5-10,19H,1-4H3,(H,25,29)/t19-/m0/s1. The van der Waals surface area contributed by atoms with Crippen LogP contribution in [0.3, 0.4) is 0 Å². The second-order valence-electron chi connectivity index (χ2n) is 6.99. The lowest BCUT2D eigenvalue weighted by atomic mass is 9.93. The third-order valence-electron chi connectivity index (χ3n) is 4.82. The number of likely N-dealkylation sites (N-methyl/N-ethyl adjacent to an activating group) is 1. The molecule has 0 aromatic heterocycles. The maximum Gasteiger partial charge on any atom is 0.253 e. The van der Waals surface area contributed by atoms with Crippen molar-refractivity contribution in [2.75, 3.05) is 19.0 Å². The van der Waals surface area contributed by atoms with E-state index in [0.717, 1.165) is 12.1 Å². The molecule has 1 atom stereocenters. The molecule has 0 fully saturated rings. The number of benzene rings is 2. The van der Waals surface area contributed by atoms with Crippen LogP contribution in [0, 0.1) is 24.4 Å². The molecule has 152 valence electrons. The number of amides is 1. The van der Waals surface area contributed by atoms with Gasteiger partial charge in [0, 0.05) is 19.8 Å². The van der Waals surface area contributed by atoms with E-state index in [1.807, 2.05) is 0 Å². The molecule has 0 saturated heterocycles. The van der Waals surface area contributed by atoms with E-state index in [2.05, 4.69) is 5.32 Å². The fraction of sp³-hybridized carbons (Fsp3) is 0.238. The van der Waals surface area contributed by atoms with Crippen LogP contribution in [0.4, 0.5) is 18.9 Å². The third kappa shape index (κ3) is 3.72. The first-order valence-corrected chi connectivity index (χ1v) is 9.27. The molecule has 1 heterocycles. The van der Waals surface area contributed by atoms with Gasteiger partial charge < -0.3 is 10.2 Å². The Morgan fingerprint density at radius 1 is 1.07 bits per heavy atom. The van der Waals surface area contributed by atoms with Gasteiger partial charge in [0.15, 0.2) is 5.11 Å². The first-order valence-electron chi connectivity index (χ1n) is 8.86. The van der Waals surface area contributed by atoms with Crippen LogP contribution in [0.2, 0.25) is 0 Å². The van der Waals surface area contributed by atoms with E-state index in [1.165, 1.54) is 21.9 Å². The summed E-state index contributed by atoms with van der Waals surface area (Å²) >= 11 is 5.42. The van der Waals surface area contributed by atoms with Crippen molar-refractivity contribution in [3.8, 4) is 0 Å². The highest BCUT2D eigenvalue weighted by atomic mass is 32.1. The molecule has 29 heavy (non-hydrogen) atoms. The number of carbonyl (C=O) groups is 1. The number of aryl methyl sites for hydroxylation is 1. The van der Waals surface area contributed by atoms with Gasteiger partial charge in [0.05, 0.1) is 22.9 Å². The zero-order chi connectivity index (χ0) is 21.5. The van der Waals surface area contributed by atoms with Gasteiger partial charge in [0.25, 0.3) is 5.91 Å². The number of hydrogen-bond acceptors (Lipinski definition) is 2. The predicted octanol–water partition coefficient (Wildman–Crippen LogP) is 4.21. The van der Waals surface area contributed by atoms with Crippen molar-refractivity contribution in [1.29, 1.82) is 0 Å². The molecule has 0 bridgehead atoms. The van der Waals surface area contributed by atoms with Gasteiger partial charge >= 0.3 is 0 Å². The number of anilines is 1. The minimum atomic E-state index is -1.12. The van der Waals surface area contributed by atoms with Crippen LogP contribution in [0.5, 0.6) is 0 Å². The second-order valence-corrected chi connectivity index (χ2v) is 7.37. The number of rotatable bonds is 3. The van der Waals surface area contributed by atoms with Gasteiger partial charge in [-0.1, -0.05) is 12.1 Å². The van der Waals surface area contributed by atoms with E-state index < -0.39 is 29.4 Å². The average Bonchev–Trinajstić information content (AvgIpc) is 2.64. The molecule has 3 rings (SSSR count). The van der Waals surface area contributed by atoms with Crippen molar-refractivity contribution in [1.82, 2.24) is 10.2 Å². The van der Waals surface area contributed by atoms with Crippen LogP contribution in [0.1, 0.15) is 24.1 Å². The molecule has 4 nitrogen and oxygen atoms in total. The highest BCUT2D eigenvalue weighted by Gasteiger charge is 2.37. The first kappa shape index (κ1) is 20.9. The number of carbonyl (C=O) groups excluding carboxylic acids is 1. The number of nitrogens with one attached hydrogen (secondary N) is 1. The van der Waals surface area contributed by atoms with Gasteiger partial charge in [-0.2, -0.15) is 0 Å². The van der Waals surface area contributed by atoms with Gasteiger partial charge in [-0.15, -0.1) is 0 Å². The Morgan fingerprint density at radius 3 is 2.24 bits per heavy atom. The van der Waals surface area contributed by atoms with Gasteiger partial charge in [0.1, 0.15) is 17.5 Å². The molecular weight excluding hydrogens is 399 g/mol. The van der Waals surface area contributed by atoms with Gasteiger partial charge in [0.2, 0.25) is 0 Å². The molecule has 1 aliphatic rings. The fourth-order valence-electron chi connectivity index (χ4n) is 3.30. The Kier molecular flexibility index (Phi) is 5.66. The summed E-state index contributed by atoms with van der Waals surface area (Å²) in [4.78, 5) is 15.8. The molecule has 2 aromatic carbocycles. The predicted molar refractivity (Wildman–Crippen MR) is 110 cm³/mol. The smallest absolute Gasteiger partial charge is 0.253 e. The summed E-state index contributed by atoms with van der Waals surface area (Å²) in [5.41, 5.74) is 1.05. The molecule has 0 unspecified atom stereocenters. The Morgan fingerprint density at radius 2 is 1.69 bits per heavy atom. The minimum Gasteiger partial charge on any atom is -0.351 e. The minimum absolute atomic E-state index is 0.105. The lowest BCUT2D eigenvalue weighted by Crippen LogP contribution is -2.49. The Balaban J connectivity index is 2.23. The van der Waals surface area contributed by atoms with Crippen LogP contribution in [0.15, 0.2) is 47.7 Å². The van der Waals surface area contributed by atoms with Crippen molar-refractivity contribution in [3.05, 3.63) is 76.2 Å². The molecule has 1 N–H and O–H groups in total. The van der Waals surface area contributed by atoms with Crippen LogP contribution in [-0.4, -0.2) is 30.0 Å². The normalized spacial score (nSPS) is 16.7. The number of halogens is 3. The zero-order valence-corrected chi connectivity index (χ0v) is 17.2. The number of allylic oxidation sites excluding steroid dienone is 1. The summed E-state index contributed by atoms with van der Waals surface area (Å²) in [6.07, 6.45) is 0. The van der Waals surface area contributed by atoms with E-state index in [9.17, 15) is 18.0 Å². The summed E-state index contributed by atoms with van der Waals surface area (Å²) < 4.78 is 43.2. The number of nitrogens with zero attached hydrogens (tertiary/aromatic N) is 2. The number of hydrogen-bond donors (Lipinski definition) is 1. The van der Waals surface area contributed by atoms with Gasteiger partial charge in [-0.05, 0) is 55.9 Å². The maximum absolute atomic E-state index is 14.5. The molecule has 8 heteroatoms. The fourth-order valence-corrected chi connectivity index (χ4v) is 3.66. The first-order chi connectivity index (χ1) is 13.6. The van der Waals surface area contributed by atoms with Gasteiger partial charge in [-0.25, -0.2) is 13.2 Å². The highest BCUT2D eigenvalue weighted by Crippen LogP contribution is 2.36. The molecule has 1 aliphatic heterocycles. The lowest BCUT2D eigenvalue weighted by molar-refractivity contribution is -0.125. The van der Waals surface area contributed by atoms with E-state index in [-0.39, 0.29) is 16.2 Å². The molecule has 2 aromatic rings. The van der Waals surface area contributed by atoms with Crippen molar-refractivity contribution in [3.63, 3.8) is 0 Å². The SMILES string of the molecule is CC1=C(C(=O)N(C)C)[C@@H](c2c(F)cccc2F)NC(=S)N1c1ccc(C)c(F)c1. The summed E-state index contributed by atoms with van der Waals surface area (Å²) in [6.45, 7) is 3.25. The van der Waals surface area contributed by atoms with E-state index >= 15 is 0 Å². The van der Waals surface area contributed by atoms with Gasteiger partial charge in [-0.3, -0.25) is 9.69 Å². The van der Waals surface area contributed by atoms with Crippen molar-refractivity contribution in [2.45, 2.75) is 19.9 Å². The molecular formula is C21H20F3N3OS. The van der Waals surface area contributed by atoms with Crippen molar-refractivity contribution in [2.24, 2.45) is 0 Å². The van der Waals surface area contributed by atoms with Crippen LogP contribution < -0.4 is 10.2 Å². The topological polar surface area (TPSA) is 35.6 Å². The van der Waals surface area contributed by atoms with E-state index in [0.29, 0.717) is 16.9 Å². The Hall–Kier alpha value is -2.87. The van der Waals surface area contributed by atoms with Crippen molar-refractivity contribution < 1.29 is 18.0 Å². The zero-order valence-electron chi connectivity index (χ0n) is 16.4. The third-order valence-corrected chi connectivity index (χ3v) is 5.12. The maximum atomic E-state index is 14.5. The monoisotopic (exact) mass is 419 g/mol. The molecule has 0 saturated carbocycles. The average molecular weight is 419 g/mol. The summed E-state index contributed by atoms with van der Waals surface area (Å²) in [5, 5.41) is 2.97. The second kappa shape index (κ2) is 7.87. The molecule has 0 spiro atoms. The summed E-state index contributed by atoms with van der Waals surface area (Å²) in [7, 11) is 3.08. The largest absolute Gasteiger partial charge is 0.351 e. The van der Waals surface area contributed by atoms with Crippen LogP contribution in [-0.2, 0) is 4.79 Å². The summed E-state index contributed by atoms with van der Waals surface area (Å²) in [6, 6.07) is 6.93. The van der Waals surface area contributed by atoms with Crippen LogP contribution in [0.25, 0.3) is 0 Å². The lowest BCUT2D eigenvalue weighted by Gasteiger charge is -2.38. The van der Waals surface area contributed by atoms with Crippen LogP contribution >= 0.6 is 12.2 Å². The molecule has 0 aliphatic carbocycles. The quantitative estimate of drug-likeness (QED) is 0.756. The van der Waals surface area contributed by atoms with E-state index in [4.69, 9.17) is 12.2 Å².